The van der Waals surface area contributed by atoms with Crippen LogP contribution in [0.3, 0.4) is 0 Å². The molecular formula is C20H38O2. The summed E-state index contributed by atoms with van der Waals surface area (Å²) in [6.07, 6.45) is 12.9. The van der Waals surface area contributed by atoms with E-state index in [2.05, 4.69) is 27.4 Å². The quantitative estimate of drug-likeness (QED) is 0.214. The SMILES string of the molecule is C=C(C)C(=O)OCCCCCCCC(C)CCC(C)CCC. The molecule has 0 aliphatic carbocycles. The van der Waals surface area contributed by atoms with E-state index in [1.807, 2.05) is 0 Å². The van der Waals surface area contributed by atoms with Gasteiger partial charge in [0.05, 0.1) is 6.61 Å². The lowest BCUT2D eigenvalue weighted by Crippen LogP contribution is -2.06. The zero-order valence-electron chi connectivity index (χ0n) is 15.5. The normalized spacial score (nSPS) is 13.6. The van der Waals surface area contributed by atoms with Gasteiger partial charge in [-0.1, -0.05) is 85.1 Å². The van der Waals surface area contributed by atoms with E-state index >= 15 is 0 Å². The molecule has 0 N–H and O–H groups in total. The molecular weight excluding hydrogens is 272 g/mol. The van der Waals surface area contributed by atoms with Crippen LogP contribution < -0.4 is 0 Å². The summed E-state index contributed by atoms with van der Waals surface area (Å²) < 4.78 is 5.08. The molecule has 0 saturated heterocycles. The number of carbonyl (C=O) groups is 1. The van der Waals surface area contributed by atoms with Crippen LogP contribution in [0, 0.1) is 11.8 Å². The molecule has 0 amide bonds. The van der Waals surface area contributed by atoms with Crippen molar-refractivity contribution in [2.24, 2.45) is 11.8 Å². The zero-order valence-corrected chi connectivity index (χ0v) is 15.5. The van der Waals surface area contributed by atoms with Crippen LogP contribution in [0.25, 0.3) is 0 Å². The summed E-state index contributed by atoms with van der Waals surface area (Å²) in [5, 5.41) is 0. The Morgan fingerprint density at radius 3 is 2.05 bits per heavy atom. The number of rotatable bonds is 14. The van der Waals surface area contributed by atoms with Crippen molar-refractivity contribution in [2.75, 3.05) is 6.61 Å². The van der Waals surface area contributed by atoms with E-state index in [9.17, 15) is 4.79 Å². The summed E-state index contributed by atoms with van der Waals surface area (Å²) >= 11 is 0. The van der Waals surface area contributed by atoms with Crippen LogP contribution in [0.2, 0.25) is 0 Å². The van der Waals surface area contributed by atoms with Crippen molar-refractivity contribution in [3.8, 4) is 0 Å². The van der Waals surface area contributed by atoms with Gasteiger partial charge in [-0.15, -0.1) is 0 Å². The molecule has 0 bridgehead atoms. The van der Waals surface area contributed by atoms with Crippen molar-refractivity contribution < 1.29 is 9.53 Å². The molecule has 0 heterocycles. The monoisotopic (exact) mass is 310 g/mol. The Bertz CT molecular complexity index is 296. The van der Waals surface area contributed by atoms with Crippen molar-refractivity contribution in [3.05, 3.63) is 12.2 Å². The third-order valence-corrected chi connectivity index (χ3v) is 4.36. The van der Waals surface area contributed by atoms with Crippen LogP contribution in [-0.2, 0) is 9.53 Å². The van der Waals surface area contributed by atoms with E-state index in [4.69, 9.17) is 4.74 Å². The third kappa shape index (κ3) is 12.9. The van der Waals surface area contributed by atoms with Crippen molar-refractivity contribution in [1.82, 2.24) is 0 Å². The van der Waals surface area contributed by atoms with Gasteiger partial charge in [0, 0.05) is 5.57 Å². The van der Waals surface area contributed by atoms with Crippen LogP contribution >= 0.6 is 0 Å². The summed E-state index contributed by atoms with van der Waals surface area (Å²) in [6.45, 7) is 12.9. The highest BCUT2D eigenvalue weighted by Gasteiger charge is 2.06. The largest absolute Gasteiger partial charge is 0.462 e. The summed E-state index contributed by atoms with van der Waals surface area (Å²) in [5.74, 6) is 1.51. The van der Waals surface area contributed by atoms with E-state index < -0.39 is 0 Å². The second-order valence-electron chi connectivity index (χ2n) is 7.05. The van der Waals surface area contributed by atoms with E-state index in [1.54, 1.807) is 6.92 Å². The first-order valence-corrected chi connectivity index (χ1v) is 9.30. The van der Waals surface area contributed by atoms with Crippen molar-refractivity contribution in [1.29, 1.82) is 0 Å². The van der Waals surface area contributed by atoms with E-state index in [0.29, 0.717) is 12.2 Å². The van der Waals surface area contributed by atoms with Crippen LogP contribution in [0.15, 0.2) is 12.2 Å². The van der Waals surface area contributed by atoms with Crippen LogP contribution in [0.5, 0.6) is 0 Å². The number of unbranched alkanes of at least 4 members (excludes halogenated alkanes) is 4. The topological polar surface area (TPSA) is 26.3 Å². The number of esters is 1. The highest BCUT2D eigenvalue weighted by atomic mass is 16.5. The average Bonchev–Trinajstić information content (AvgIpc) is 2.47. The third-order valence-electron chi connectivity index (χ3n) is 4.36. The molecule has 0 fully saturated rings. The van der Waals surface area contributed by atoms with Gasteiger partial charge in [-0.3, -0.25) is 0 Å². The van der Waals surface area contributed by atoms with Gasteiger partial charge >= 0.3 is 5.97 Å². The standard InChI is InChI=1S/C20H38O2/c1-6-12-18(4)14-15-19(5)13-10-8-7-9-11-16-22-20(21)17(2)3/h18-19H,2,6-16H2,1,3-5H3. The van der Waals surface area contributed by atoms with Gasteiger partial charge in [0.25, 0.3) is 0 Å². The number of carbonyl (C=O) groups excluding carboxylic acids is 1. The van der Waals surface area contributed by atoms with Crippen LogP contribution in [-0.4, -0.2) is 12.6 Å². The smallest absolute Gasteiger partial charge is 0.333 e. The Kier molecular flexibility index (Phi) is 13.3. The molecule has 2 atom stereocenters. The molecule has 22 heavy (non-hydrogen) atoms. The van der Waals surface area contributed by atoms with Gasteiger partial charge in [0.1, 0.15) is 0 Å². The highest BCUT2D eigenvalue weighted by Crippen LogP contribution is 2.20. The Hall–Kier alpha value is -0.790. The fourth-order valence-corrected chi connectivity index (χ4v) is 2.76. The predicted octanol–water partition coefficient (Wildman–Crippen LogP) is 6.30. The number of hydrogen-bond donors (Lipinski definition) is 0. The minimum atomic E-state index is -0.258. The van der Waals surface area contributed by atoms with Gasteiger partial charge < -0.3 is 4.74 Å². The van der Waals surface area contributed by atoms with E-state index in [-0.39, 0.29) is 5.97 Å². The molecule has 0 aliphatic heterocycles. The second-order valence-corrected chi connectivity index (χ2v) is 7.05. The Labute approximate surface area is 138 Å². The summed E-state index contributed by atoms with van der Waals surface area (Å²) in [5.41, 5.74) is 0.488. The first-order valence-electron chi connectivity index (χ1n) is 9.30. The molecule has 0 aromatic heterocycles. The Morgan fingerprint density at radius 1 is 0.909 bits per heavy atom. The van der Waals surface area contributed by atoms with Crippen molar-refractivity contribution >= 4 is 5.97 Å². The fourth-order valence-electron chi connectivity index (χ4n) is 2.76. The molecule has 0 spiro atoms. The van der Waals surface area contributed by atoms with Crippen molar-refractivity contribution in [2.45, 2.75) is 91.9 Å². The summed E-state index contributed by atoms with van der Waals surface area (Å²) in [6, 6.07) is 0. The molecule has 0 saturated carbocycles. The molecule has 130 valence electrons. The molecule has 2 unspecified atom stereocenters. The minimum absolute atomic E-state index is 0.258. The number of hydrogen-bond acceptors (Lipinski definition) is 2. The first kappa shape index (κ1) is 21.2. The Balaban J connectivity index is 3.35. The molecule has 2 heteroatoms. The van der Waals surface area contributed by atoms with Crippen LogP contribution in [0.4, 0.5) is 0 Å². The molecule has 0 aromatic rings. The number of ether oxygens (including phenoxy) is 1. The fraction of sp³-hybridized carbons (Fsp3) is 0.850. The van der Waals surface area contributed by atoms with E-state index in [1.165, 1.54) is 51.4 Å². The maximum atomic E-state index is 11.2. The van der Waals surface area contributed by atoms with Gasteiger partial charge in [-0.25, -0.2) is 4.79 Å². The first-order chi connectivity index (χ1) is 10.5. The maximum absolute atomic E-state index is 11.2. The van der Waals surface area contributed by atoms with Gasteiger partial charge in [0.15, 0.2) is 0 Å². The lowest BCUT2D eigenvalue weighted by Gasteiger charge is -2.15. The van der Waals surface area contributed by atoms with Gasteiger partial charge in [0.2, 0.25) is 0 Å². The van der Waals surface area contributed by atoms with Crippen LogP contribution in [0.1, 0.15) is 91.9 Å². The molecule has 0 aliphatic rings. The molecule has 0 aromatic carbocycles. The minimum Gasteiger partial charge on any atom is -0.462 e. The predicted molar refractivity (Wildman–Crippen MR) is 95.9 cm³/mol. The molecule has 2 nitrogen and oxygen atoms in total. The lowest BCUT2D eigenvalue weighted by atomic mass is 9.92. The molecule has 0 rings (SSSR count). The average molecular weight is 311 g/mol. The lowest BCUT2D eigenvalue weighted by molar-refractivity contribution is -0.139. The van der Waals surface area contributed by atoms with Gasteiger partial charge in [-0.05, 0) is 25.2 Å². The summed E-state index contributed by atoms with van der Waals surface area (Å²) in [7, 11) is 0. The zero-order chi connectivity index (χ0) is 16.8. The van der Waals surface area contributed by atoms with Crippen molar-refractivity contribution in [3.63, 3.8) is 0 Å². The Morgan fingerprint density at radius 2 is 1.45 bits per heavy atom. The van der Waals surface area contributed by atoms with Gasteiger partial charge in [-0.2, -0.15) is 0 Å². The highest BCUT2D eigenvalue weighted by molar-refractivity contribution is 5.86. The molecule has 0 radical (unpaired) electrons. The second kappa shape index (κ2) is 13.8. The summed E-state index contributed by atoms with van der Waals surface area (Å²) in [4.78, 5) is 11.2. The maximum Gasteiger partial charge on any atom is 0.333 e. The van der Waals surface area contributed by atoms with E-state index in [0.717, 1.165) is 24.7 Å².